The van der Waals surface area contributed by atoms with Crippen LogP contribution in [0.1, 0.15) is 79.2 Å². The highest BCUT2D eigenvalue weighted by Crippen LogP contribution is 2.36. The van der Waals surface area contributed by atoms with E-state index in [2.05, 4.69) is 57.5 Å². The first-order valence-electron chi connectivity index (χ1n) is 13.5. The maximum absolute atomic E-state index is 13.3. The van der Waals surface area contributed by atoms with E-state index in [1.165, 1.54) is 18.4 Å². The van der Waals surface area contributed by atoms with E-state index in [1.807, 2.05) is 29.8 Å². The van der Waals surface area contributed by atoms with Gasteiger partial charge in [-0.25, -0.2) is 4.68 Å². The van der Waals surface area contributed by atoms with Crippen LogP contribution in [0.2, 0.25) is 0 Å². The van der Waals surface area contributed by atoms with Gasteiger partial charge in [0.15, 0.2) is 17.3 Å². The Balaban J connectivity index is 1.40. The molecule has 3 heterocycles. The number of aromatic amines is 1. The molecule has 1 N–H and O–H groups in total. The summed E-state index contributed by atoms with van der Waals surface area (Å²) in [5.74, 6) is 2.37. The van der Waals surface area contributed by atoms with Gasteiger partial charge in [0.25, 0.3) is 5.56 Å². The molecule has 1 saturated carbocycles. The fourth-order valence-corrected chi connectivity index (χ4v) is 6.05. The number of benzene rings is 2. The average molecular weight is 515 g/mol. The largest absolute Gasteiger partial charge is 0.454 e. The lowest BCUT2D eigenvalue weighted by molar-refractivity contribution is 0.158. The predicted molar refractivity (Wildman–Crippen MR) is 144 cm³/mol. The lowest BCUT2D eigenvalue weighted by Crippen LogP contribution is -2.32. The summed E-state index contributed by atoms with van der Waals surface area (Å²) in [5.41, 5.74) is 4.88. The van der Waals surface area contributed by atoms with E-state index in [4.69, 9.17) is 9.47 Å². The molecule has 0 radical (unpaired) electrons. The lowest BCUT2D eigenvalue weighted by Gasteiger charge is -2.31. The van der Waals surface area contributed by atoms with E-state index in [-0.39, 0.29) is 18.4 Å². The van der Waals surface area contributed by atoms with Crippen LogP contribution in [-0.2, 0) is 13.1 Å². The van der Waals surface area contributed by atoms with Crippen molar-refractivity contribution in [3.05, 3.63) is 74.8 Å². The van der Waals surface area contributed by atoms with Gasteiger partial charge in [0.2, 0.25) is 6.79 Å². The van der Waals surface area contributed by atoms with Crippen LogP contribution in [-0.4, -0.2) is 36.9 Å². The Morgan fingerprint density at radius 2 is 1.89 bits per heavy atom. The average Bonchev–Trinajstić information content (AvgIpc) is 3.67. The number of aromatic nitrogens is 5. The van der Waals surface area contributed by atoms with Gasteiger partial charge in [0, 0.05) is 18.7 Å². The van der Waals surface area contributed by atoms with Crippen molar-refractivity contribution in [3.63, 3.8) is 0 Å². The molecule has 198 valence electrons. The van der Waals surface area contributed by atoms with Gasteiger partial charge in [0.05, 0.1) is 17.6 Å². The van der Waals surface area contributed by atoms with E-state index in [0.29, 0.717) is 19.1 Å². The van der Waals surface area contributed by atoms with Crippen LogP contribution in [0.15, 0.2) is 41.2 Å². The number of ether oxygens (including phenoxy) is 2. The molecular formula is C29H34N6O3. The van der Waals surface area contributed by atoms with Crippen molar-refractivity contribution in [1.82, 2.24) is 30.1 Å². The van der Waals surface area contributed by atoms with Crippen molar-refractivity contribution in [2.45, 2.75) is 78.0 Å². The smallest absolute Gasteiger partial charge is 0.252 e. The lowest BCUT2D eigenvalue weighted by atomic mass is 10.0. The zero-order chi connectivity index (χ0) is 26.2. The Hall–Kier alpha value is -3.72. The molecule has 1 aliphatic heterocycles. The fraction of sp³-hybridized carbons (Fsp3) is 0.448. The maximum Gasteiger partial charge on any atom is 0.252 e. The van der Waals surface area contributed by atoms with E-state index >= 15 is 0 Å². The fourth-order valence-electron chi connectivity index (χ4n) is 6.05. The summed E-state index contributed by atoms with van der Waals surface area (Å²) in [7, 11) is 0. The Morgan fingerprint density at radius 3 is 2.71 bits per heavy atom. The minimum absolute atomic E-state index is 0.0645. The van der Waals surface area contributed by atoms with Crippen molar-refractivity contribution in [2.75, 3.05) is 6.79 Å². The highest BCUT2D eigenvalue weighted by molar-refractivity contribution is 5.82. The molecule has 0 unspecified atom stereocenters. The Bertz CT molecular complexity index is 1520. The molecule has 0 saturated heterocycles. The minimum Gasteiger partial charge on any atom is -0.454 e. The van der Waals surface area contributed by atoms with Gasteiger partial charge in [-0.3, -0.25) is 9.69 Å². The zero-order valence-electron chi connectivity index (χ0n) is 22.2. The van der Waals surface area contributed by atoms with Crippen LogP contribution >= 0.6 is 0 Å². The van der Waals surface area contributed by atoms with Crippen molar-refractivity contribution in [2.24, 2.45) is 0 Å². The van der Waals surface area contributed by atoms with Gasteiger partial charge in [-0.2, -0.15) is 0 Å². The van der Waals surface area contributed by atoms with Crippen molar-refractivity contribution in [1.29, 1.82) is 0 Å². The Morgan fingerprint density at radius 1 is 1.08 bits per heavy atom. The molecular weight excluding hydrogens is 480 g/mol. The van der Waals surface area contributed by atoms with E-state index < -0.39 is 0 Å². The van der Waals surface area contributed by atoms with E-state index in [9.17, 15) is 4.79 Å². The number of tetrazole rings is 1. The van der Waals surface area contributed by atoms with Crippen LogP contribution < -0.4 is 15.0 Å². The summed E-state index contributed by atoms with van der Waals surface area (Å²) >= 11 is 0. The zero-order valence-corrected chi connectivity index (χ0v) is 22.2. The van der Waals surface area contributed by atoms with Crippen LogP contribution in [0.25, 0.3) is 10.9 Å². The molecule has 0 spiro atoms. The second kappa shape index (κ2) is 10.2. The molecule has 6 rings (SSSR count). The van der Waals surface area contributed by atoms with Crippen molar-refractivity contribution >= 4 is 10.9 Å². The molecule has 38 heavy (non-hydrogen) atoms. The highest BCUT2D eigenvalue weighted by atomic mass is 16.7. The number of nitrogens with zero attached hydrogens (tertiary/aromatic N) is 5. The number of pyridine rings is 1. The van der Waals surface area contributed by atoms with Gasteiger partial charge in [-0.15, -0.1) is 5.10 Å². The molecule has 1 aliphatic carbocycles. The minimum atomic E-state index is -0.0645. The third-order valence-electron chi connectivity index (χ3n) is 7.88. The van der Waals surface area contributed by atoms with Crippen LogP contribution in [0, 0.1) is 13.8 Å². The molecule has 1 fully saturated rings. The highest BCUT2D eigenvalue weighted by Gasteiger charge is 2.30. The van der Waals surface area contributed by atoms with Crippen LogP contribution in [0.5, 0.6) is 11.5 Å². The summed E-state index contributed by atoms with van der Waals surface area (Å²) in [6.07, 6.45) is 5.40. The summed E-state index contributed by atoms with van der Waals surface area (Å²) in [6.45, 7) is 7.58. The van der Waals surface area contributed by atoms with Gasteiger partial charge in [0.1, 0.15) is 0 Å². The van der Waals surface area contributed by atoms with Crippen molar-refractivity contribution in [3.8, 4) is 11.5 Å². The first-order valence-corrected chi connectivity index (χ1v) is 13.5. The number of fused-ring (bicyclic) bond motifs is 2. The summed E-state index contributed by atoms with van der Waals surface area (Å²) < 4.78 is 13.2. The van der Waals surface area contributed by atoms with Gasteiger partial charge < -0.3 is 14.5 Å². The number of nitrogens with one attached hydrogen (secondary N) is 1. The number of H-pyrrole nitrogens is 1. The van der Waals surface area contributed by atoms with Gasteiger partial charge >= 0.3 is 0 Å². The molecule has 1 atom stereocenters. The second-order valence-corrected chi connectivity index (χ2v) is 10.6. The second-order valence-electron chi connectivity index (χ2n) is 10.6. The SMILES string of the molecule is CC[C@@H](c1nnnn1C1CCCC1)N(Cc1ccc2c(c1)OCO2)Cc1cc2cc(C)cc(C)c2[nH]c1=O. The molecule has 9 nitrogen and oxygen atoms in total. The summed E-state index contributed by atoms with van der Waals surface area (Å²) in [6, 6.07) is 12.6. The molecule has 2 aliphatic rings. The standard InChI is InChI=1S/C29H34N6O3/c1-4-24(28-31-32-33-35(28)23-7-5-6-8-23)34(15-20-9-10-25-26(13-20)38-17-37-25)16-22-14-21-12-18(2)11-19(3)27(21)30-29(22)36/h9-14,23-24H,4-8,15-17H2,1-3H3,(H,30,36)/t24-/m0/s1. The number of rotatable bonds is 8. The summed E-state index contributed by atoms with van der Waals surface area (Å²) in [4.78, 5) is 18.8. The topological polar surface area (TPSA) is 98.2 Å². The van der Waals surface area contributed by atoms with Crippen LogP contribution in [0.3, 0.4) is 0 Å². The maximum atomic E-state index is 13.3. The molecule has 2 aromatic carbocycles. The molecule has 2 aromatic heterocycles. The molecule has 4 aromatic rings. The van der Waals surface area contributed by atoms with Crippen LogP contribution in [0.4, 0.5) is 0 Å². The molecule has 0 bridgehead atoms. The quantitative estimate of drug-likeness (QED) is 0.348. The van der Waals surface area contributed by atoms with Gasteiger partial charge in [-0.1, -0.05) is 37.5 Å². The first kappa shape index (κ1) is 24.6. The first-order chi connectivity index (χ1) is 18.5. The molecule has 9 heteroatoms. The molecule has 0 amide bonds. The Kier molecular flexibility index (Phi) is 6.61. The summed E-state index contributed by atoms with van der Waals surface area (Å²) in [5, 5.41) is 14.1. The monoisotopic (exact) mass is 514 g/mol. The Labute approximate surface area is 221 Å². The van der Waals surface area contributed by atoms with E-state index in [1.54, 1.807) is 0 Å². The number of aryl methyl sites for hydroxylation is 2. The normalized spacial score (nSPS) is 16.1. The third kappa shape index (κ3) is 4.67. The van der Waals surface area contributed by atoms with Crippen molar-refractivity contribution < 1.29 is 9.47 Å². The number of hydrogen-bond donors (Lipinski definition) is 1. The van der Waals surface area contributed by atoms with Gasteiger partial charge in [-0.05, 0) is 84.3 Å². The predicted octanol–water partition coefficient (Wildman–Crippen LogP) is 5.13. The van der Waals surface area contributed by atoms with E-state index in [0.717, 1.165) is 64.2 Å². The third-order valence-corrected chi connectivity index (χ3v) is 7.88. The number of hydrogen-bond acceptors (Lipinski definition) is 7.